The van der Waals surface area contributed by atoms with Crippen LogP contribution in [0.15, 0.2) is 47.2 Å². The predicted molar refractivity (Wildman–Crippen MR) is 99.5 cm³/mol. The fourth-order valence-corrected chi connectivity index (χ4v) is 4.24. The van der Waals surface area contributed by atoms with Crippen LogP contribution in [0.2, 0.25) is 0 Å². The van der Waals surface area contributed by atoms with Gasteiger partial charge in [-0.25, -0.2) is 4.98 Å². The first kappa shape index (κ1) is 16.4. The highest BCUT2D eigenvalue weighted by molar-refractivity contribution is 7.07. The number of benzene rings is 1. The first-order valence-corrected chi connectivity index (χ1v) is 9.48. The first-order valence-electron chi connectivity index (χ1n) is 8.53. The van der Waals surface area contributed by atoms with E-state index in [-0.39, 0.29) is 0 Å². The molecule has 0 radical (unpaired) electrons. The molecule has 6 heteroatoms. The van der Waals surface area contributed by atoms with Gasteiger partial charge in [-0.2, -0.15) is 16.4 Å². The number of nitrogens with one attached hydrogen (secondary N) is 1. The zero-order chi connectivity index (χ0) is 17.1. The lowest BCUT2D eigenvalue weighted by Crippen LogP contribution is -2.20. The molecule has 0 spiro atoms. The van der Waals surface area contributed by atoms with Crippen LogP contribution in [-0.4, -0.2) is 46.9 Å². The van der Waals surface area contributed by atoms with E-state index in [9.17, 15) is 0 Å². The van der Waals surface area contributed by atoms with Crippen molar-refractivity contribution >= 4 is 11.3 Å². The highest BCUT2D eigenvalue weighted by Crippen LogP contribution is 2.32. The Kier molecular flexibility index (Phi) is 4.92. The maximum atomic E-state index is 5.47. The van der Waals surface area contributed by atoms with Crippen molar-refractivity contribution in [2.45, 2.75) is 12.5 Å². The van der Waals surface area contributed by atoms with Gasteiger partial charge in [0.1, 0.15) is 5.82 Å². The van der Waals surface area contributed by atoms with Crippen LogP contribution in [-0.2, 0) is 11.3 Å². The van der Waals surface area contributed by atoms with Gasteiger partial charge in [-0.1, -0.05) is 30.3 Å². The minimum absolute atomic E-state index is 0.323. The summed E-state index contributed by atoms with van der Waals surface area (Å²) in [6.45, 7) is 3.73. The molecule has 1 aliphatic rings. The van der Waals surface area contributed by atoms with Gasteiger partial charge in [-0.05, 0) is 22.4 Å². The average Bonchev–Trinajstić information content (AvgIpc) is 3.37. The van der Waals surface area contributed by atoms with Crippen LogP contribution in [0.1, 0.15) is 17.3 Å². The summed E-state index contributed by atoms with van der Waals surface area (Å²) in [6, 6.07) is 12.3. The molecule has 0 unspecified atom stereocenters. The second-order valence-electron chi connectivity index (χ2n) is 6.56. The quantitative estimate of drug-likeness (QED) is 0.737. The molecule has 4 rings (SSSR count). The Morgan fingerprint density at radius 2 is 2.12 bits per heavy atom. The van der Waals surface area contributed by atoms with Crippen LogP contribution in [0.3, 0.4) is 0 Å². The number of hydrogen-bond acceptors (Lipinski definition) is 5. The molecule has 2 atom stereocenters. The van der Waals surface area contributed by atoms with Crippen LogP contribution >= 0.6 is 11.3 Å². The summed E-state index contributed by atoms with van der Waals surface area (Å²) in [5.74, 6) is 2.49. The summed E-state index contributed by atoms with van der Waals surface area (Å²) in [5.41, 5.74) is 2.42. The van der Waals surface area contributed by atoms with E-state index in [1.54, 1.807) is 18.4 Å². The first-order chi connectivity index (χ1) is 12.3. The van der Waals surface area contributed by atoms with Gasteiger partial charge >= 0.3 is 0 Å². The summed E-state index contributed by atoms with van der Waals surface area (Å²) < 4.78 is 5.47. The Morgan fingerprint density at radius 3 is 2.88 bits per heavy atom. The molecule has 3 heterocycles. The van der Waals surface area contributed by atoms with Gasteiger partial charge in [0.05, 0.1) is 6.61 Å². The molecule has 0 amide bonds. The van der Waals surface area contributed by atoms with Crippen LogP contribution in [0.5, 0.6) is 0 Å². The lowest BCUT2D eigenvalue weighted by atomic mass is 9.96. The fraction of sp³-hybridized carbons (Fsp3) is 0.368. The molecule has 1 N–H and O–H groups in total. The molecule has 3 aromatic rings. The number of likely N-dealkylation sites (tertiary alicyclic amines) is 1. The summed E-state index contributed by atoms with van der Waals surface area (Å²) in [6.07, 6.45) is 0. The van der Waals surface area contributed by atoms with Crippen molar-refractivity contribution in [1.29, 1.82) is 0 Å². The standard InChI is InChI=1S/C19H22N4OS/c1-24-12-16-10-23(9-14-7-8-25-13-14)11-17(16)19-20-18(21-22-19)15-5-3-2-4-6-15/h2-8,13,16-17H,9-12H2,1H3,(H,20,21,22)/t16-,17+/m0/s1. The second-order valence-corrected chi connectivity index (χ2v) is 7.34. The molecular formula is C19H22N4OS. The van der Waals surface area contributed by atoms with Crippen molar-refractivity contribution in [2.24, 2.45) is 5.92 Å². The number of methoxy groups -OCH3 is 1. The average molecular weight is 354 g/mol. The second kappa shape index (κ2) is 7.47. The number of thiophene rings is 1. The molecule has 0 aliphatic carbocycles. The lowest BCUT2D eigenvalue weighted by Gasteiger charge is -2.14. The van der Waals surface area contributed by atoms with Gasteiger partial charge < -0.3 is 4.74 Å². The number of aromatic amines is 1. The van der Waals surface area contributed by atoms with Crippen LogP contribution in [0.4, 0.5) is 0 Å². The number of ether oxygens (including phenoxy) is 1. The van der Waals surface area contributed by atoms with Crippen LogP contribution in [0.25, 0.3) is 11.4 Å². The van der Waals surface area contributed by atoms with E-state index >= 15 is 0 Å². The van der Waals surface area contributed by atoms with E-state index in [0.29, 0.717) is 11.8 Å². The molecule has 1 aliphatic heterocycles. The van der Waals surface area contributed by atoms with Gasteiger partial charge in [-0.15, -0.1) is 0 Å². The molecule has 1 aromatic carbocycles. The summed E-state index contributed by atoms with van der Waals surface area (Å²) >= 11 is 1.75. The summed E-state index contributed by atoms with van der Waals surface area (Å²) in [4.78, 5) is 7.27. The van der Waals surface area contributed by atoms with E-state index in [0.717, 1.165) is 43.5 Å². The van der Waals surface area contributed by atoms with E-state index in [4.69, 9.17) is 9.72 Å². The van der Waals surface area contributed by atoms with Crippen molar-refractivity contribution in [3.8, 4) is 11.4 Å². The molecular weight excluding hydrogens is 332 g/mol. The monoisotopic (exact) mass is 354 g/mol. The van der Waals surface area contributed by atoms with Crippen molar-refractivity contribution in [3.05, 3.63) is 58.5 Å². The molecule has 25 heavy (non-hydrogen) atoms. The molecule has 0 bridgehead atoms. The minimum atomic E-state index is 0.323. The van der Waals surface area contributed by atoms with Gasteiger partial charge in [0, 0.05) is 44.1 Å². The van der Waals surface area contributed by atoms with Crippen LogP contribution in [0, 0.1) is 5.92 Å². The van der Waals surface area contributed by atoms with Gasteiger partial charge in [-0.3, -0.25) is 10.00 Å². The highest BCUT2D eigenvalue weighted by Gasteiger charge is 2.36. The zero-order valence-electron chi connectivity index (χ0n) is 14.3. The Hall–Kier alpha value is -2.02. The number of hydrogen-bond donors (Lipinski definition) is 1. The van der Waals surface area contributed by atoms with E-state index in [1.165, 1.54) is 5.56 Å². The summed E-state index contributed by atoms with van der Waals surface area (Å²) in [7, 11) is 1.77. The van der Waals surface area contributed by atoms with Crippen molar-refractivity contribution in [2.75, 3.05) is 26.8 Å². The fourth-order valence-electron chi connectivity index (χ4n) is 3.58. The number of nitrogens with zero attached hydrogens (tertiary/aromatic N) is 3. The van der Waals surface area contributed by atoms with E-state index < -0.39 is 0 Å². The maximum absolute atomic E-state index is 5.47. The van der Waals surface area contributed by atoms with E-state index in [2.05, 4.69) is 31.9 Å². The minimum Gasteiger partial charge on any atom is -0.384 e. The lowest BCUT2D eigenvalue weighted by molar-refractivity contribution is 0.146. The van der Waals surface area contributed by atoms with Gasteiger partial charge in [0.25, 0.3) is 0 Å². The van der Waals surface area contributed by atoms with Gasteiger partial charge in [0.15, 0.2) is 5.82 Å². The third-order valence-electron chi connectivity index (χ3n) is 4.77. The molecule has 2 aromatic heterocycles. The molecule has 1 fully saturated rings. The van der Waals surface area contributed by atoms with E-state index in [1.807, 2.05) is 30.3 Å². The Labute approximate surface area is 151 Å². The Morgan fingerprint density at radius 1 is 1.24 bits per heavy atom. The molecule has 0 saturated carbocycles. The highest BCUT2D eigenvalue weighted by atomic mass is 32.1. The maximum Gasteiger partial charge on any atom is 0.181 e. The van der Waals surface area contributed by atoms with Gasteiger partial charge in [0.2, 0.25) is 0 Å². The van der Waals surface area contributed by atoms with Crippen molar-refractivity contribution in [3.63, 3.8) is 0 Å². The number of aromatic nitrogens is 3. The summed E-state index contributed by atoms with van der Waals surface area (Å²) in [5, 5.41) is 12.0. The van der Waals surface area contributed by atoms with Crippen molar-refractivity contribution < 1.29 is 4.74 Å². The van der Waals surface area contributed by atoms with Crippen molar-refractivity contribution in [1.82, 2.24) is 20.1 Å². The molecule has 5 nitrogen and oxygen atoms in total. The predicted octanol–water partition coefficient (Wildman–Crippen LogP) is 3.40. The topological polar surface area (TPSA) is 54.0 Å². The normalized spacial score (nSPS) is 21.0. The molecule has 1 saturated heterocycles. The molecule has 130 valence electrons. The smallest absolute Gasteiger partial charge is 0.181 e. The third kappa shape index (κ3) is 3.66. The Bertz CT molecular complexity index is 787. The number of rotatable bonds is 6. The number of H-pyrrole nitrogens is 1. The third-order valence-corrected chi connectivity index (χ3v) is 5.50. The largest absolute Gasteiger partial charge is 0.384 e. The Balaban J connectivity index is 1.52. The van der Waals surface area contributed by atoms with Crippen LogP contribution < -0.4 is 0 Å². The SMILES string of the molecule is COC[C@@H]1CN(Cc2ccsc2)C[C@H]1c1nc(-c2ccccc2)n[nH]1. The zero-order valence-corrected chi connectivity index (χ0v) is 15.1.